The van der Waals surface area contributed by atoms with Crippen LogP contribution in [0.5, 0.6) is 0 Å². The summed E-state index contributed by atoms with van der Waals surface area (Å²) in [7, 11) is -0.730. The Morgan fingerprint density at radius 1 is 1.24 bits per heavy atom. The van der Waals surface area contributed by atoms with Crippen LogP contribution in [0.15, 0.2) is 57.1 Å². The lowest BCUT2D eigenvalue weighted by molar-refractivity contribution is 0.593. The van der Waals surface area contributed by atoms with Crippen LogP contribution >= 0.6 is 7.92 Å². The van der Waals surface area contributed by atoms with Gasteiger partial charge >= 0.3 is 0 Å². The summed E-state index contributed by atoms with van der Waals surface area (Å²) >= 11 is 0. The summed E-state index contributed by atoms with van der Waals surface area (Å²) in [6.07, 6.45) is 5.49. The fraction of sp³-hybridized carbons (Fsp3) is 0.231. The minimum Gasteiger partial charge on any atom is -0.464 e. The standard InChI is InChI=1S/C13H16NO2P/c1-3-11(14-4-2)17(12-7-5-9-15-12)13-8-6-10-16-13/h3,5-10,14H,4H2,1-2H3/b11-3+. The maximum atomic E-state index is 5.54. The van der Waals surface area contributed by atoms with Crippen LogP contribution in [0.1, 0.15) is 13.8 Å². The van der Waals surface area contributed by atoms with Gasteiger partial charge in [0, 0.05) is 12.0 Å². The third kappa shape index (κ3) is 2.62. The van der Waals surface area contributed by atoms with Gasteiger partial charge in [0.2, 0.25) is 0 Å². The highest BCUT2D eigenvalue weighted by atomic mass is 31.1. The predicted octanol–water partition coefficient (Wildman–Crippen LogP) is 2.78. The molecule has 2 rings (SSSR count). The van der Waals surface area contributed by atoms with Crippen molar-refractivity contribution in [2.24, 2.45) is 0 Å². The average Bonchev–Trinajstić information content (AvgIpc) is 3.01. The fourth-order valence-corrected chi connectivity index (χ4v) is 3.70. The molecule has 2 heterocycles. The van der Waals surface area contributed by atoms with Gasteiger partial charge in [0.05, 0.1) is 20.4 Å². The van der Waals surface area contributed by atoms with Gasteiger partial charge in [-0.05, 0) is 38.1 Å². The van der Waals surface area contributed by atoms with E-state index in [0.29, 0.717) is 0 Å². The smallest absolute Gasteiger partial charge is 0.139 e. The second-order valence-corrected chi connectivity index (χ2v) is 5.48. The molecule has 0 aliphatic rings. The summed E-state index contributed by atoms with van der Waals surface area (Å²) in [6.45, 7) is 5.00. The number of nitrogens with one attached hydrogen (secondary N) is 1. The third-order valence-corrected chi connectivity index (χ3v) is 4.61. The fourth-order valence-electron chi connectivity index (χ4n) is 1.63. The summed E-state index contributed by atoms with van der Waals surface area (Å²) in [6, 6.07) is 7.81. The van der Waals surface area contributed by atoms with E-state index in [0.717, 1.165) is 23.0 Å². The van der Waals surface area contributed by atoms with Gasteiger partial charge in [0.25, 0.3) is 0 Å². The summed E-state index contributed by atoms with van der Waals surface area (Å²) in [4.78, 5) is 0. The highest BCUT2D eigenvalue weighted by Gasteiger charge is 2.23. The Bertz CT molecular complexity index is 425. The Balaban J connectivity index is 2.37. The molecule has 0 amide bonds. The van der Waals surface area contributed by atoms with Gasteiger partial charge in [0.15, 0.2) is 0 Å². The number of rotatable bonds is 5. The lowest BCUT2D eigenvalue weighted by atomic mass is 10.6. The van der Waals surface area contributed by atoms with Crippen LogP contribution in [-0.2, 0) is 0 Å². The minimum absolute atomic E-state index is 0.730. The van der Waals surface area contributed by atoms with Gasteiger partial charge in [-0.25, -0.2) is 0 Å². The van der Waals surface area contributed by atoms with Gasteiger partial charge in [0.1, 0.15) is 11.0 Å². The van der Waals surface area contributed by atoms with Crippen molar-refractivity contribution in [3.8, 4) is 0 Å². The summed E-state index contributed by atoms with van der Waals surface area (Å²) in [5.74, 6) is 0. The second-order valence-electron chi connectivity index (χ2n) is 3.44. The van der Waals surface area contributed by atoms with E-state index in [2.05, 4.69) is 18.3 Å². The van der Waals surface area contributed by atoms with E-state index in [9.17, 15) is 0 Å². The molecule has 1 N–H and O–H groups in total. The largest absolute Gasteiger partial charge is 0.464 e. The monoisotopic (exact) mass is 249 g/mol. The number of allylic oxidation sites excluding steroid dienone is 1. The molecular weight excluding hydrogens is 233 g/mol. The molecule has 0 bridgehead atoms. The van der Waals surface area contributed by atoms with E-state index in [1.807, 2.05) is 31.2 Å². The molecule has 0 saturated heterocycles. The van der Waals surface area contributed by atoms with Gasteiger partial charge in [-0.1, -0.05) is 6.08 Å². The van der Waals surface area contributed by atoms with Crippen molar-refractivity contribution in [2.45, 2.75) is 13.8 Å². The molecule has 0 fully saturated rings. The third-order valence-electron chi connectivity index (χ3n) is 2.33. The maximum absolute atomic E-state index is 5.54. The quantitative estimate of drug-likeness (QED) is 0.828. The number of hydrogen-bond acceptors (Lipinski definition) is 3. The first kappa shape index (κ1) is 12.0. The molecule has 4 heteroatoms. The van der Waals surface area contributed by atoms with Crippen LogP contribution in [0.25, 0.3) is 0 Å². The molecule has 0 unspecified atom stereocenters. The van der Waals surface area contributed by atoms with Crippen molar-refractivity contribution >= 4 is 18.9 Å². The van der Waals surface area contributed by atoms with Crippen LogP contribution in [0.3, 0.4) is 0 Å². The Hall–Kier alpha value is -1.47. The minimum atomic E-state index is -0.730. The molecule has 2 aromatic rings. The highest BCUT2D eigenvalue weighted by Crippen LogP contribution is 2.41. The Morgan fingerprint density at radius 2 is 1.82 bits per heavy atom. The van der Waals surface area contributed by atoms with Crippen molar-refractivity contribution in [3.63, 3.8) is 0 Å². The lowest BCUT2D eigenvalue weighted by Crippen LogP contribution is -2.19. The van der Waals surface area contributed by atoms with E-state index in [-0.39, 0.29) is 0 Å². The van der Waals surface area contributed by atoms with E-state index < -0.39 is 7.92 Å². The van der Waals surface area contributed by atoms with Gasteiger partial charge < -0.3 is 14.2 Å². The summed E-state index contributed by atoms with van der Waals surface area (Å²) in [5, 5.41) is 3.38. The van der Waals surface area contributed by atoms with Crippen LogP contribution in [-0.4, -0.2) is 6.54 Å². The van der Waals surface area contributed by atoms with Crippen molar-refractivity contribution in [1.82, 2.24) is 5.32 Å². The molecule has 0 aliphatic heterocycles. The van der Waals surface area contributed by atoms with Crippen LogP contribution in [0, 0.1) is 0 Å². The van der Waals surface area contributed by atoms with Crippen LogP contribution in [0.4, 0.5) is 0 Å². The molecule has 0 atom stereocenters. The Morgan fingerprint density at radius 3 is 2.18 bits per heavy atom. The van der Waals surface area contributed by atoms with Crippen molar-refractivity contribution in [2.75, 3.05) is 6.54 Å². The average molecular weight is 249 g/mol. The van der Waals surface area contributed by atoms with Crippen molar-refractivity contribution < 1.29 is 8.83 Å². The molecule has 0 spiro atoms. The second kappa shape index (κ2) is 5.74. The summed E-state index contributed by atoms with van der Waals surface area (Å²) < 4.78 is 11.1. The molecule has 0 aliphatic carbocycles. The van der Waals surface area contributed by atoms with Gasteiger partial charge in [-0.15, -0.1) is 0 Å². The molecule has 2 aromatic heterocycles. The first-order chi connectivity index (χ1) is 8.36. The van der Waals surface area contributed by atoms with E-state index in [4.69, 9.17) is 8.83 Å². The SMILES string of the molecule is C/C=C(\NCC)P(c1ccco1)c1ccco1. The first-order valence-electron chi connectivity index (χ1n) is 5.64. The topological polar surface area (TPSA) is 38.3 Å². The summed E-state index contributed by atoms with van der Waals surface area (Å²) in [5.41, 5.74) is 3.06. The molecule has 3 nitrogen and oxygen atoms in total. The van der Waals surface area contributed by atoms with Crippen molar-refractivity contribution in [1.29, 1.82) is 0 Å². The highest BCUT2D eigenvalue weighted by molar-refractivity contribution is 7.76. The molecule has 17 heavy (non-hydrogen) atoms. The van der Waals surface area contributed by atoms with E-state index in [1.54, 1.807) is 12.5 Å². The van der Waals surface area contributed by atoms with E-state index >= 15 is 0 Å². The van der Waals surface area contributed by atoms with Gasteiger partial charge in [-0.3, -0.25) is 0 Å². The normalized spacial score (nSPS) is 12.1. The van der Waals surface area contributed by atoms with Crippen molar-refractivity contribution in [3.05, 3.63) is 48.3 Å². The van der Waals surface area contributed by atoms with Gasteiger partial charge in [-0.2, -0.15) is 0 Å². The predicted molar refractivity (Wildman–Crippen MR) is 71.0 cm³/mol. The van der Waals surface area contributed by atoms with Crippen LogP contribution in [0.2, 0.25) is 0 Å². The zero-order chi connectivity index (χ0) is 12.1. The molecule has 0 saturated carbocycles. The molecule has 0 radical (unpaired) electrons. The zero-order valence-electron chi connectivity index (χ0n) is 10.0. The molecular formula is C13H16NO2P. The number of hydrogen-bond donors (Lipinski definition) is 1. The Kier molecular flexibility index (Phi) is 4.05. The Labute approximate surface area is 102 Å². The van der Waals surface area contributed by atoms with E-state index in [1.165, 1.54) is 0 Å². The molecule has 90 valence electrons. The first-order valence-corrected chi connectivity index (χ1v) is 6.98. The number of furan rings is 2. The lowest BCUT2D eigenvalue weighted by Gasteiger charge is -2.17. The molecule has 0 aromatic carbocycles. The zero-order valence-corrected chi connectivity index (χ0v) is 10.9. The maximum Gasteiger partial charge on any atom is 0.139 e. The van der Waals surface area contributed by atoms with Crippen LogP contribution < -0.4 is 16.3 Å².